The van der Waals surface area contributed by atoms with Gasteiger partial charge in [0.05, 0.1) is 24.3 Å². The van der Waals surface area contributed by atoms with Crippen molar-refractivity contribution < 1.29 is 9.53 Å². The minimum Gasteiger partial charge on any atom is -0.490 e. The molecule has 3 aromatic rings. The van der Waals surface area contributed by atoms with E-state index in [1.54, 1.807) is 23.3 Å². The Morgan fingerprint density at radius 3 is 2.92 bits per heavy atom. The van der Waals surface area contributed by atoms with E-state index in [-0.39, 0.29) is 5.91 Å². The average Bonchev–Trinajstić information content (AvgIpc) is 3.25. The van der Waals surface area contributed by atoms with Gasteiger partial charge >= 0.3 is 0 Å². The summed E-state index contributed by atoms with van der Waals surface area (Å²) in [6.07, 6.45) is 5.35. The van der Waals surface area contributed by atoms with E-state index >= 15 is 0 Å². The molecule has 130 valence electrons. The predicted octanol–water partition coefficient (Wildman–Crippen LogP) is 2.74. The van der Waals surface area contributed by atoms with Crippen LogP contribution in [0.5, 0.6) is 5.75 Å². The molecule has 1 amide bonds. The first-order valence-electron chi connectivity index (χ1n) is 8.20. The van der Waals surface area contributed by atoms with Gasteiger partial charge in [-0.3, -0.25) is 9.48 Å². The van der Waals surface area contributed by atoms with Crippen molar-refractivity contribution in [2.45, 2.75) is 26.9 Å². The molecule has 25 heavy (non-hydrogen) atoms. The van der Waals surface area contributed by atoms with E-state index in [2.05, 4.69) is 15.4 Å². The largest absolute Gasteiger partial charge is 0.490 e. The molecule has 0 saturated heterocycles. The molecule has 2 aromatic heterocycles. The molecule has 0 aliphatic heterocycles. The third-order valence-electron chi connectivity index (χ3n) is 3.74. The topological polar surface area (TPSA) is 74.0 Å². The van der Waals surface area contributed by atoms with Crippen molar-refractivity contribution in [3.8, 4) is 5.75 Å². The van der Waals surface area contributed by atoms with Gasteiger partial charge in [-0.05, 0) is 32.0 Å². The second-order valence-corrected chi connectivity index (χ2v) is 5.59. The maximum atomic E-state index is 12.6. The van der Waals surface area contributed by atoms with Crippen LogP contribution in [0.15, 0.2) is 49.1 Å². The first-order chi connectivity index (χ1) is 12.2. The van der Waals surface area contributed by atoms with Crippen LogP contribution in [0.25, 0.3) is 0 Å². The third-order valence-corrected chi connectivity index (χ3v) is 3.74. The van der Waals surface area contributed by atoms with Crippen LogP contribution in [-0.2, 0) is 13.1 Å². The van der Waals surface area contributed by atoms with Crippen molar-refractivity contribution in [3.05, 3.63) is 60.4 Å². The van der Waals surface area contributed by atoms with Crippen LogP contribution < -0.4 is 10.1 Å². The Hall–Kier alpha value is -3.09. The molecule has 0 unspecified atom stereocenters. The second-order valence-electron chi connectivity index (χ2n) is 5.59. The van der Waals surface area contributed by atoms with Gasteiger partial charge in [-0.25, -0.2) is 4.98 Å². The van der Waals surface area contributed by atoms with Gasteiger partial charge in [0.15, 0.2) is 0 Å². The highest BCUT2D eigenvalue weighted by molar-refractivity contribution is 6.03. The molecule has 0 spiro atoms. The number of hydrogen-bond acceptors (Lipinski definition) is 4. The number of para-hydroxylation sites is 2. The fourth-order valence-electron chi connectivity index (χ4n) is 2.53. The number of nitrogens with zero attached hydrogens (tertiary/aromatic N) is 4. The van der Waals surface area contributed by atoms with E-state index in [0.29, 0.717) is 36.8 Å². The zero-order chi connectivity index (χ0) is 17.6. The van der Waals surface area contributed by atoms with E-state index in [9.17, 15) is 4.79 Å². The number of rotatable bonds is 7. The summed E-state index contributed by atoms with van der Waals surface area (Å²) >= 11 is 0. The van der Waals surface area contributed by atoms with Crippen molar-refractivity contribution in [3.63, 3.8) is 0 Å². The minimum atomic E-state index is -0.201. The van der Waals surface area contributed by atoms with Crippen LogP contribution in [0.2, 0.25) is 0 Å². The Labute approximate surface area is 146 Å². The molecule has 0 aliphatic rings. The van der Waals surface area contributed by atoms with E-state index < -0.39 is 0 Å². The zero-order valence-electron chi connectivity index (χ0n) is 14.3. The van der Waals surface area contributed by atoms with Gasteiger partial charge in [0.2, 0.25) is 0 Å². The lowest BCUT2D eigenvalue weighted by atomic mass is 10.2. The number of carbonyl (C=O) groups excluding carboxylic acids is 1. The number of imidazole rings is 1. The quantitative estimate of drug-likeness (QED) is 0.718. The van der Waals surface area contributed by atoms with Gasteiger partial charge in [-0.2, -0.15) is 5.10 Å². The van der Waals surface area contributed by atoms with Crippen molar-refractivity contribution in [2.75, 3.05) is 11.9 Å². The molecular formula is C18H21N5O2. The van der Waals surface area contributed by atoms with Crippen LogP contribution in [0.3, 0.4) is 0 Å². The zero-order valence-corrected chi connectivity index (χ0v) is 14.3. The van der Waals surface area contributed by atoms with Crippen molar-refractivity contribution in [2.24, 2.45) is 0 Å². The normalized spacial score (nSPS) is 10.6. The standard InChI is InChI=1S/C18H21N5O2/c1-3-23-16(12-14(2)21-23)18(24)20-15-6-4-5-7-17(15)25-11-10-22-9-8-19-13-22/h4-9,12-13H,3,10-11H2,1-2H3,(H,20,24). The molecule has 2 heterocycles. The van der Waals surface area contributed by atoms with Crippen LogP contribution in [-0.4, -0.2) is 31.8 Å². The van der Waals surface area contributed by atoms with E-state index in [4.69, 9.17) is 4.74 Å². The highest BCUT2D eigenvalue weighted by atomic mass is 16.5. The highest BCUT2D eigenvalue weighted by Crippen LogP contribution is 2.24. The number of anilines is 1. The first kappa shape index (κ1) is 16.8. The number of aryl methyl sites for hydroxylation is 2. The second kappa shape index (κ2) is 7.65. The van der Waals surface area contributed by atoms with Gasteiger partial charge < -0.3 is 14.6 Å². The molecule has 0 fully saturated rings. The smallest absolute Gasteiger partial charge is 0.274 e. The monoisotopic (exact) mass is 339 g/mol. The average molecular weight is 339 g/mol. The maximum Gasteiger partial charge on any atom is 0.274 e. The summed E-state index contributed by atoms with van der Waals surface area (Å²) < 4.78 is 9.45. The molecular weight excluding hydrogens is 318 g/mol. The Bertz CT molecular complexity index is 839. The minimum absolute atomic E-state index is 0.201. The maximum absolute atomic E-state index is 12.6. The number of ether oxygens (including phenoxy) is 1. The molecule has 0 bridgehead atoms. The Morgan fingerprint density at radius 2 is 2.16 bits per heavy atom. The fraction of sp³-hybridized carbons (Fsp3) is 0.278. The van der Waals surface area contributed by atoms with Crippen LogP contribution in [0, 0.1) is 6.92 Å². The summed E-state index contributed by atoms with van der Waals surface area (Å²) in [6.45, 7) is 5.63. The van der Waals surface area contributed by atoms with E-state index in [1.807, 2.05) is 48.9 Å². The first-order valence-corrected chi connectivity index (χ1v) is 8.20. The Balaban J connectivity index is 1.68. The van der Waals surface area contributed by atoms with Crippen LogP contribution in [0.4, 0.5) is 5.69 Å². The van der Waals surface area contributed by atoms with Gasteiger partial charge in [-0.1, -0.05) is 12.1 Å². The molecule has 3 rings (SSSR count). The predicted molar refractivity (Wildman–Crippen MR) is 94.8 cm³/mol. The lowest BCUT2D eigenvalue weighted by Gasteiger charge is -2.13. The molecule has 0 radical (unpaired) electrons. The molecule has 0 atom stereocenters. The summed E-state index contributed by atoms with van der Waals surface area (Å²) in [5.74, 6) is 0.434. The molecule has 0 aliphatic carbocycles. The molecule has 1 N–H and O–H groups in total. The number of amides is 1. The van der Waals surface area contributed by atoms with Gasteiger partial charge in [0, 0.05) is 18.9 Å². The number of aromatic nitrogens is 4. The van der Waals surface area contributed by atoms with Gasteiger partial charge in [0.25, 0.3) is 5.91 Å². The number of hydrogen-bond donors (Lipinski definition) is 1. The lowest BCUT2D eigenvalue weighted by molar-refractivity contribution is 0.101. The third kappa shape index (κ3) is 4.06. The number of benzene rings is 1. The molecule has 0 saturated carbocycles. The Kier molecular flexibility index (Phi) is 5.13. The van der Waals surface area contributed by atoms with Crippen LogP contribution >= 0.6 is 0 Å². The number of nitrogens with one attached hydrogen (secondary N) is 1. The summed E-state index contributed by atoms with van der Waals surface area (Å²) in [5.41, 5.74) is 1.99. The highest BCUT2D eigenvalue weighted by Gasteiger charge is 2.15. The SMILES string of the molecule is CCn1nc(C)cc1C(=O)Nc1ccccc1OCCn1ccnc1. The summed E-state index contributed by atoms with van der Waals surface area (Å²) in [5, 5.41) is 7.22. The molecule has 7 nitrogen and oxygen atoms in total. The molecule has 1 aromatic carbocycles. The van der Waals surface area contributed by atoms with E-state index in [0.717, 1.165) is 5.69 Å². The fourth-order valence-corrected chi connectivity index (χ4v) is 2.53. The van der Waals surface area contributed by atoms with Crippen LogP contribution in [0.1, 0.15) is 23.1 Å². The Morgan fingerprint density at radius 1 is 1.32 bits per heavy atom. The number of carbonyl (C=O) groups is 1. The van der Waals surface area contributed by atoms with Crippen molar-refractivity contribution in [1.82, 2.24) is 19.3 Å². The summed E-state index contributed by atoms with van der Waals surface area (Å²) in [6, 6.07) is 9.18. The van der Waals surface area contributed by atoms with Crippen molar-refractivity contribution >= 4 is 11.6 Å². The lowest BCUT2D eigenvalue weighted by Crippen LogP contribution is -2.18. The van der Waals surface area contributed by atoms with Gasteiger partial charge in [0.1, 0.15) is 18.1 Å². The van der Waals surface area contributed by atoms with Crippen molar-refractivity contribution in [1.29, 1.82) is 0 Å². The summed E-state index contributed by atoms with van der Waals surface area (Å²) in [7, 11) is 0. The van der Waals surface area contributed by atoms with E-state index in [1.165, 1.54) is 0 Å². The van der Waals surface area contributed by atoms with Gasteiger partial charge in [-0.15, -0.1) is 0 Å². The molecule has 7 heteroatoms. The summed E-state index contributed by atoms with van der Waals surface area (Å²) in [4.78, 5) is 16.6.